The zero-order chi connectivity index (χ0) is 12.8. The third-order valence-corrected chi connectivity index (χ3v) is 3.16. The van der Waals surface area contributed by atoms with Crippen LogP contribution >= 0.6 is 0 Å². The first kappa shape index (κ1) is 13.6. The quantitative estimate of drug-likeness (QED) is 0.796. The number of aliphatic carboxylic acids is 1. The Balaban J connectivity index is 2.92. The van der Waals surface area contributed by atoms with Crippen LogP contribution in [0.4, 0.5) is 0 Å². The van der Waals surface area contributed by atoms with Crippen molar-refractivity contribution in [3.63, 3.8) is 0 Å². The molecule has 17 heavy (non-hydrogen) atoms. The van der Waals surface area contributed by atoms with Crippen molar-refractivity contribution in [2.45, 2.75) is 39.0 Å². The van der Waals surface area contributed by atoms with Crippen molar-refractivity contribution in [2.24, 2.45) is 5.92 Å². The summed E-state index contributed by atoms with van der Waals surface area (Å²) in [6.07, 6.45) is 2.88. The number of hydrogen-bond acceptors (Lipinski definition) is 2. The van der Waals surface area contributed by atoms with Crippen molar-refractivity contribution in [3.8, 4) is 5.75 Å². The third-order valence-electron chi connectivity index (χ3n) is 3.16. The summed E-state index contributed by atoms with van der Waals surface area (Å²) in [5, 5.41) is 18.6. The van der Waals surface area contributed by atoms with E-state index in [0.717, 1.165) is 24.8 Å². The van der Waals surface area contributed by atoms with Crippen LogP contribution in [-0.2, 0) is 4.79 Å². The van der Waals surface area contributed by atoms with Gasteiger partial charge in [-0.15, -0.1) is 0 Å². The van der Waals surface area contributed by atoms with Gasteiger partial charge in [-0.25, -0.2) is 0 Å². The Labute approximate surface area is 102 Å². The van der Waals surface area contributed by atoms with Crippen LogP contribution in [0, 0.1) is 5.92 Å². The van der Waals surface area contributed by atoms with Gasteiger partial charge in [0.15, 0.2) is 0 Å². The monoisotopic (exact) mass is 236 g/mol. The van der Waals surface area contributed by atoms with E-state index in [1.165, 1.54) is 0 Å². The molecule has 0 spiro atoms. The summed E-state index contributed by atoms with van der Waals surface area (Å²) in [4.78, 5) is 11.1. The van der Waals surface area contributed by atoms with Gasteiger partial charge in [-0.3, -0.25) is 4.79 Å². The molecule has 0 aliphatic heterocycles. The molecule has 0 heterocycles. The van der Waals surface area contributed by atoms with Crippen LogP contribution in [0.1, 0.15) is 44.6 Å². The van der Waals surface area contributed by atoms with Gasteiger partial charge in [0, 0.05) is 0 Å². The molecule has 0 fully saturated rings. The number of hydrogen-bond donors (Lipinski definition) is 2. The molecule has 0 radical (unpaired) electrons. The van der Waals surface area contributed by atoms with Gasteiger partial charge >= 0.3 is 5.97 Å². The average molecular weight is 236 g/mol. The van der Waals surface area contributed by atoms with Gasteiger partial charge in [0.25, 0.3) is 0 Å². The maximum Gasteiger partial charge on any atom is 0.306 e. The van der Waals surface area contributed by atoms with Gasteiger partial charge in [-0.1, -0.05) is 38.8 Å². The molecule has 2 N–H and O–H groups in total. The normalized spacial score (nSPS) is 14.2. The molecular weight excluding hydrogens is 216 g/mol. The molecule has 0 aromatic heterocycles. The van der Waals surface area contributed by atoms with Crippen LogP contribution in [0.3, 0.4) is 0 Å². The predicted molar refractivity (Wildman–Crippen MR) is 67.2 cm³/mol. The number of phenols is 1. The molecule has 3 nitrogen and oxygen atoms in total. The van der Waals surface area contributed by atoms with Crippen molar-refractivity contribution < 1.29 is 15.0 Å². The van der Waals surface area contributed by atoms with Crippen LogP contribution in [0.5, 0.6) is 5.75 Å². The van der Waals surface area contributed by atoms with E-state index in [1.807, 2.05) is 6.07 Å². The van der Waals surface area contributed by atoms with Crippen molar-refractivity contribution in [1.82, 2.24) is 0 Å². The van der Waals surface area contributed by atoms with E-state index < -0.39 is 11.9 Å². The molecule has 3 heteroatoms. The lowest BCUT2D eigenvalue weighted by Gasteiger charge is -2.21. The van der Waals surface area contributed by atoms with E-state index >= 15 is 0 Å². The molecular formula is C14H20O3. The lowest BCUT2D eigenvalue weighted by molar-refractivity contribution is -0.142. The lowest BCUT2D eigenvalue weighted by Crippen LogP contribution is -2.19. The highest BCUT2D eigenvalue weighted by Gasteiger charge is 2.24. The molecule has 0 saturated heterocycles. The first-order valence-electron chi connectivity index (χ1n) is 6.08. The minimum Gasteiger partial charge on any atom is -0.508 e. The second kappa shape index (κ2) is 6.28. The van der Waals surface area contributed by atoms with Crippen LogP contribution in [-0.4, -0.2) is 16.2 Å². The molecule has 94 valence electrons. The van der Waals surface area contributed by atoms with Crippen molar-refractivity contribution in [1.29, 1.82) is 0 Å². The van der Waals surface area contributed by atoms with Crippen LogP contribution < -0.4 is 0 Å². The molecule has 1 unspecified atom stereocenters. The summed E-state index contributed by atoms with van der Waals surface area (Å²) in [6, 6.07) is 6.92. The summed E-state index contributed by atoms with van der Waals surface area (Å²) in [6.45, 7) is 3.82. The maximum atomic E-state index is 11.1. The Kier molecular flexibility index (Phi) is 5.01. The minimum atomic E-state index is -0.783. The zero-order valence-electron chi connectivity index (χ0n) is 10.4. The highest BCUT2D eigenvalue weighted by atomic mass is 16.4. The zero-order valence-corrected chi connectivity index (χ0v) is 10.4. The maximum absolute atomic E-state index is 11.1. The molecule has 1 rings (SSSR count). The fourth-order valence-corrected chi connectivity index (χ4v) is 2.06. The molecule has 0 amide bonds. The lowest BCUT2D eigenvalue weighted by atomic mass is 9.83. The summed E-state index contributed by atoms with van der Waals surface area (Å²) >= 11 is 0. The van der Waals surface area contributed by atoms with E-state index in [2.05, 4.69) is 6.92 Å². The molecule has 0 saturated carbocycles. The molecule has 1 aromatic carbocycles. The second-order valence-corrected chi connectivity index (χ2v) is 4.47. The van der Waals surface area contributed by atoms with Gasteiger partial charge in [0.2, 0.25) is 0 Å². The summed E-state index contributed by atoms with van der Waals surface area (Å²) < 4.78 is 0. The van der Waals surface area contributed by atoms with E-state index in [9.17, 15) is 9.90 Å². The number of carbonyl (C=O) groups is 1. The topological polar surface area (TPSA) is 57.5 Å². The number of benzene rings is 1. The van der Waals surface area contributed by atoms with Gasteiger partial charge < -0.3 is 10.2 Å². The Hall–Kier alpha value is -1.51. The SMILES string of the molecule is CCCC[C@@H](c1cccc(O)c1)C(C)C(=O)O. The molecule has 0 aliphatic carbocycles. The molecule has 0 aliphatic rings. The smallest absolute Gasteiger partial charge is 0.306 e. The largest absolute Gasteiger partial charge is 0.508 e. The van der Waals surface area contributed by atoms with E-state index in [0.29, 0.717) is 0 Å². The second-order valence-electron chi connectivity index (χ2n) is 4.47. The highest BCUT2D eigenvalue weighted by molar-refractivity contribution is 5.71. The van der Waals surface area contributed by atoms with Crippen molar-refractivity contribution in [3.05, 3.63) is 29.8 Å². The third kappa shape index (κ3) is 3.77. The fourth-order valence-electron chi connectivity index (χ4n) is 2.06. The Bertz CT molecular complexity index is 373. The Morgan fingerprint density at radius 1 is 1.41 bits per heavy atom. The predicted octanol–water partition coefficient (Wildman–Crippen LogP) is 3.39. The van der Waals surface area contributed by atoms with Gasteiger partial charge in [-0.2, -0.15) is 0 Å². The van der Waals surface area contributed by atoms with E-state index in [1.54, 1.807) is 25.1 Å². The van der Waals surface area contributed by atoms with Crippen LogP contribution in [0.15, 0.2) is 24.3 Å². The number of unbranched alkanes of at least 4 members (excludes halogenated alkanes) is 1. The van der Waals surface area contributed by atoms with E-state index in [4.69, 9.17) is 5.11 Å². The molecule has 0 bridgehead atoms. The van der Waals surface area contributed by atoms with Crippen LogP contribution in [0.25, 0.3) is 0 Å². The standard InChI is InChI=1S/C14H20O3/c1-3-4-8-13(10(2)14(16)17)11-6-5-7-12(15)9-11/h5-7,9-10,13,15H,3-4,8H2,1-2H3,(H,16,17)/t10?,13-/m1/s1. The summed E-state index contributed by atoms with van der Waals surface area (Å²) in [5.74, 6) is -1.04. The molecule has 2 atom stereocenters. The summed E-state index contributed by atoms with van der Waals surface area (Å²) in [5.41, 5.74) is 0.911. The number of carboxylic acid groups (broad SMARTS) is 1. The molecule has 1 aromatic rings. The number of rotatable bonds is 6. The Morgan fingerprint density at radius 3 is 2.65 bits per heavy atom. The summed E-state index contributed by atoms with van der Waals surface area (Å²) in [7, 11) is 0. The van der Waals surface area contributed by atoms with Crippen molar-refractivity contribution >= 4 is 5.97 Å². The van der Waals surface area contributed by atoms with Gasteiger partial charge in [-0.05, 0) is 30.0 Å². The van der Waals surface area contributed by atoms with Crippen molar-refractivity contribution in [2.75, 3.05) is 0 Å². The fraction of sp³-hybridized carbons (Fsp3) is 0.500. The number of phenolic OH excluding ortho intramolecular Hbond substituents is 1. The average Bonchev–Trinajstić information content (AvgIpc) is 2.29. The number of carboxylic acids is 1. The van der Waals surface area contributed by atoms with Gasteiger partial charge in [0.1, 0.15) is 5.75 Å². The first-order valence-corrected chi connectivity index (χ1v) is 6.08. The first-order chi connectivity index (χ1) is 8.06. The highest BCUT2D eigenvalue weighted by Crippen LogP contribution is 2.31. The van der Waals surface area contributed by atoms with E-state index in [-0.39, 0.29) is 11.7 Å². The van der Waals surface area contributed by atoms with Crippen LogP contribution in [0.2, 0.25) is 0 Å². The minimum absolute atomic E-state index is 0.0282. The van der Waals surface area contributed by atoms with Gasteiger partial charge in [0.05, 0.1) is 5.92 Å². The Morgan fingerprint density at radius 2 is 2.12 bits per heavy atom. The number of aromatic hydroxyl groups is 1.